The SMILES string of the molecule is COC(C)C(=O)N(C)Cc1cc(-c2ccccc2)n[nH]1. The smallest absolute Gasteiger partial charge is 0.251 e. The third-order valence-electron chi connectivity index (χ3n) is 3.19. The molecule has 0 saturated heterocycles. The van der Waals surface area contributed by atoms with Crippen LogP contribution in [0, 0.1) is 0 Å². The molecule has 0 radical (unpaired) electrons. The van der Waals surface area contributed by atoms with Gasteiger partial charge in [0.2, 0.25) is 0 Å². The Labute approximate surface area is 118 Å². The highest BCUT2D eigenvalue weighted by Gasteiger charge is 2.17. The first kappa shape index (κ1) is 14.3. The summed E-state index contributed by atoms with van der Waals surface area (Å²) in [5.74, 6) is -0.0524. The quantitative estimate of drug-likeness (QED) is 0.907. The van der Waals surface area contributed by atoms with Gasteiger partial charge in [-0.05, 0) is 13.0 Å². The van der Waals surface area contributed by atoms with Crippen LogP contribution in [-0.4, -0.2) is 41.3 Å². The monoisotopic (exact) mass is 273 g/mol. The Balaban J connectivity index is 2.05. The van der Waals surface area contributed by atoms with Crippen molar-refractivity contribution in [3.63, 3.8) is 0 Å². The maximum Gasteiger partial charge on any atom is 0.251 e. The largest absolute Gasteiger partial charge is 0.372 e. The van der Waals surface area contributed by atoms with E-state index in [1.54, 1.807) is 18.9 Å². The Bertz CT molecular complexity index is 566. The van der Waals surface area contributed by atoms with Crippen molar-refractivity contribution < 1.29 is 9.53 Å². The lowest BCUT2D eigenvalue weighted by molar-refractivity contribution is -0.140. The highest BCUT2D eigenvalue weighted by Crippen LogP contribution is 2.17. The Morgan fingerprint density at radius 1 is 1.40 bits per heavy atom. The first-order chi connectivity index (χ1) is 9.61. The fourth-order valence-corrected chi connectivity index (χ4v) is 1.94. The third kappa shape index (κ3) is 3.24. The molecule has 1 unspecified atom stereocenters. The fourth-order valence-electron chi connectivity index (χ4n) is 1.94. The number of carbonyl (C=O) groups is 1. The molecule has 0 spiro atoms. The molecule has 106 valence electrons. The number of methoxy groups -OCH3 is 1. The molecule has 1 aromatic carbocycles. The maximum absolute atomic E-state index is 11.9. The molecular weight excluding hydrogens is 254 g/mol. The Morgan fingerprint density at radius 2 is 2.10 bits per heavy atom. The van der Waals surface area contributed by atoms with Crippen molar-refractivity contribution in [2.24, 2.45) is 0 Å². The second-order valence-electron chi connectivity index (χ2n) is 4.72. The van der Waals surface area contributed by atoms with Crippen molar-refractivity contribution in [2.75, 3.05) is 14.2 Å². The van der Waals surface area contributed by atoms with Crippen LogP contribution in [0.3, 0.4) is 0 Å². The summed E-state index contributed by atoms with van der Waals surface area (Å²) in [5, 5.41) is 7.23. The van der Waals surface area contributed by atoms with E-state index in [0.717, 1.165) is 17.0 Å². The summed E-state index contributed by atoms with van der Waals surface area (Å²) in [7, 11) is 3.28. The van der Waals surface area contributed by atoms with E-state index in [-0.39, 0.29) is 5.91 Å². The van der Waals surface area contributed by atoms with Crippen molar-refractivity contribution in [3.05, 3.63) is 42.1 Å². The summed E-state index contributed by atoms with van der Waals surface area (Å²) in [4.78, 5) is 13.5. The van der Waals surface area contributed by atoms with Crippen LogP contribution in [0.25, 0.3) is 11.3 Å². The molecule has 2 rings (SSSR count). The highest BCUT2D eigenvalue weighted by molar-refractivity contribution is 5.80. The lowest BCUT2D eigenvalue weighted by Gasteiger charge is -2.19. The zero-order chi connectivity index (χ0) is 14.5. The molecule has 5 nitrogen and oxygen atoms in total. The number of carbonyl (C=O) groups excluding carboxylic acids is 1. The van der Waals surface area contributed by atoms with E-state index in [4.69, 9.17) is 4.74 Å². The van der Waals surface area contributed by atoms with Crippen LogP contribution < -0.4 is 0 Å². The summed E-state index contributed by atoms with van der Waals surface area (Å²) in [5.41, 5.74) is 2.82. The minimum absolute atomic E-state index is 0.0524. The molecule has 2 aromatic rings. The number of aromatic amines is 1. The first-order valence-electron chi connectivity index (χ1n) is 6.49. The predicted octanol–water partition coefficient (Wildman–Crippen LogP) is 2.07. The van der Waals surface area contributed by atoms with Crippen molar-refractivity contribution >= 4 is 5.91 Å². The van der Waals surface area contributed by atoms with E-state index < -0.39 is 6.10 Å². The topological polar surface area (TPSA) is 58.2 Å². The number of hydrogen-bond acceptors (Lipinski definition) is 3. The number of benzene rings is 1. The van der Waals surface area contributed by atoms with E-state index in [0.29, 0.717) is 6.54 Å². The van der Waals surface area contributed by atoms with Gasteiger partial charge in [-0.25, -0.2) is 0 Å². The molecule has 1 atom stereocenters. The number of nitrogens with zero attached hydrogens (tertiary/aromatic N) is 2. The van der Waals surface area contributed by atoms with E-state index in [1.165, 1.54) is 7.11 Å². The van der Waals surface area contributed by atoms with Crippen LogP contribution in [0.15, 0.2) is 36.4 Å². The van der Waals surface area contributed by atoms with Gasteiger partial charge in [0.05, 0.1) is 17.9 Å². The molecule has 1 amide bonds. The maximum atomic E-state index is 11.9. The van der Waals surface area contributed by atoms with Gasteiger partial charge in [0.25, 0.3) is 5.91 Å². The molecule has 0 aliphatic carbocycles. The number of H-pyrrole nitrogens is 1. The lowest BCUT2D eigenvalue weighted by Crippen LogP contribution is -2.35. The minimum atomic E-state index is -0.434. The van der Waals surface area contributed by atoms with Crippen molar-refractivity contribution in [1.29, 1.82) is 0 Å². The van der Waals surface area contributed by atoms with Crippen molar-refractivity contribution in [1.82, 2.24) is 15.1 Å². The number of likely N-dealkylation sites (N-methyl/N-ethyl adjacent to an activating group) is 1. The number of amides is 1. The average Bonchev–Trinajstić information content (AvgIpc) is 2.95. The molecular formula is C15H19N3O2. The Morgan fingerprint density at radius 3 is 2.75 bits per heavy atom. The standard InChI is InChI=1S/C15H19N3O2/c1-11(20-3)15(19)18(2)10-13-9-14(17-16-13)12-7-5-4-6-8-12/h4-9,11H,10H2,1-3H3,(H,16,17). The summed E-state index contributed by atoms with van der Waals surface area (Å²) in [6, 6.07) is 11.9. The average molecular weight is 273 g/mol. The van der Waals surface area contributed by atoms with Gasteiger partial charge in [0.1, 0.15) is 6.10 Å². The minimum Gasteiger partial charge on any atom is -0.372 e. The van der Waals surface area contributed by atoms with Crippen LogP contribution in [-0.2, 0) is 16.1 Å². The molecule has 0 aliphatic rings. The highest BCUT2D eigenvalue weighted by atomic mass is 16.5. The molecule has 20 heavy (non-hydrogen) atoms. The van der Waals surface area contributed by atoms with Crippen LogP contribution >= 0.6 is 0 Å². The second-order valence-corrected chi connectivity index (χ2v) is 4.72. The number of aromatic nitrogens is 2. The fraction of sp³-hybridized carbons (Fsp3) is 0.333. The van der Waals surface area contributed by atoms with E-state index in [9.17, 15) is 4.79 Å². The van der Waals surface area contributed by atoms with Crippen molar-refractivity contribution in [2.45, 2.75) is 19.6 Å². The molecule has 5 heteroatoms. The van der Waals surface area contributed by atoms with Crippen LogP contribution in [0.5, 0.6) is 0 Å². The zero-order valence-electron chi connectivity index (χ0n) is 12.0. The van der Waals surface area contributed by atoms with Gasteiger partial charge in [0.15, 0.2) is 0 Å². The molecule has 1 heterocycles. The molecule has 0 saturated carbocycles. The summed E-state index contributed by atoms with van der Waals surface area (Å²) >= 11 is 0. The summed E-state index contributed by atoms with van der Waals surface area (Å²) in [6.45, 7) is 2.22. The van der Waals surface area contributed by atoms with Crippen LogP contribution in [0.2, 0.25) is 0 Å². The van der Waals surface area contributed by atoms with Gasteiger partial charge < -0.3 is 9.64 Å². The van der Waals surface area contributed by atoms with E-state index in [1.807, 2.05) is 36.4 Å². The Kier molecular flexibility index (Phi) is 4.53. The zero-order valence-corrected chi connectivity index (χ0v) is 12.0. The molecule has 0 aliphatic heterocycles. The first-order valence-corrected chi connectivity index (χ1v) is 6.49. The van der Waals surface area contributed by atoms with Gasteiger partial charge in [-0.2, -0.15) is 5.10 Å². The summed E-state index contributed by atoms with van der Waals surface area (Å²) in [6.07, 6.45) is -0.434. The van der Waals surface area contributed by atoms with Gasteiger partial charge >= 0.3 is 0 Å². The molecule has 0 bridgehead atoms. The van der Waals surface area contributed by atoms with Gasteiger partial charge in [-0.3, -0.25) is 9.89 Å². The van der Waals surface area contributed by atoms with Crippen molar-refractivity contribution in [3.8, 4) is 11.3 Å². The van der Waals surface area contributed by atoms with Gasteiger partial charge in [-0.1, -0.05) is 30.3 Å². The Hall–Kier alpha value is -2.14. The molecule has 1 aromatic heterocycles. The second kappa shape index (κ2) is 6.34. The number of nitrogens with one attached hydrogen (secondary N) is 1. The lowest BCUT2D eigenvalue weighted by atomic mass is 10.1. The third-order valence-corrected chi connectivity index (χ3v) is 3.19. The number of ether oxygens (including phenoxy) is 1. The number of hydrogen-bond donors (Lipinski definition) is 1. The number of rotatable bonds is 5. The predicted molar refractivity (Wildman–Crippen MR) is 77.0 cm³/mol. The van der Waals surface area contributed by atoms with Gasteiger partial charge in [0, 0.05) is 19.7 Å². The summed E-state index contributed by atoms with van der Waals surface area (Å²) < 4.78 is 5.03. The molecule has 1 N–H and O–H groups in total. The normalized spacial score (nSPS) is 12.2. The van der Waals surface area contributed by atoms with E-state index in [2.05, 4.69) is 10.2 Å². The van der Waals surface area contributed by atoms with Crippen LogP contribution in [0.4, 0.5) is 0 Å². The van der Waals surface area contributed by atoms with Crippen LogP contribution in [0.1, 0.15) is 12.6 Å². The van der Waals surface area contributed by atoms with Gasteiger partial charge in [-0.15, -0.1) is 0 Å². The molecule has 0 fully saturated rings. The van der Waals surface area contributed by atoms with E-state index >= 15 is 0 Å².